The molecule has 2 bridgehead atoms. The molecule has 0 aromatic carbocycles. The summed E-state index contributed by atoms with van der Waals surface area (Å²) in [6.07, 6.45) is 1.97. The summed E-state index contributed by atoms with van der Waals surface area (Å²) in [6, 6.07) is 4.14. The number of piperazine rings is 1. The van der Waals surface area contributed by atoms with E-state index < -0.39 is 0 Å². The second kappa shape index (κ2) is 5.29. The minimum absolute atomic E-state index is 0.108. The molecule has 0 radical (unpaired) electrons. The molecule has 1 aromatic rings. The smallest absolute Gasteiger partial charge is 0.299 e. The van der Waals surface area contributed by atoms with Crippen molar-refractivity contribution in [2.45, 2.75) is 31.8 Å². The van der Waals surface area contributed by atoms with E-state index >= 15 is 0 Å². The van der Waals surface area contributed by atoms with E-state index in [1.165, 1.54) is 11.3 Å². The van der Waals surface area contributed by atoms with Crippen LogP contribution in [0.4, 0.5) is 0 Å². The van der Waals surface area contributed by atoms with Crippen LogP contribution in [0.15, 0.2) is 17.5 Å². The first kappa shape index (κ1) is 13.2. The highest BCUT2D eigenvalue weighted by molar-refractivity contribution is 7.10. The number of carbonyl (C=O) groups excluding carboxylic acids is 2. The van der Waals surface area contributed by atoms with Crippen LogP contribution in [0, 0.1) is 11.8 Å². The Bertz CT molecular complexity index is 585. The van der Waals surface area contributed by atoms with Crippen molar-refractivity contribution in [3.05, 3.63) is 22.4 Å². The molecule has 0 aliphatic carbocycles. The van der Waals surface area contributed by atoms with Crippen LogP contribution in [-0.4, -0.2) is 46.8 Å². The van der Waals surface area contributed by atoms with Gasteiger partial charge in [-0.2, -0.15) is 0 Å². The Balaban J connectivity index is 1.70. The lowest BCUT2D eigenvalue weighted by atomic mass is 9.90. The number of thiophene rings is 1. The predicted molar refractivity (Wildman–Crippen MR) is 77.1 cm³/mol. The van der Waals surface area contributed by atoms with Crippen molar-refractivity contribution in [1.82, 2.24) is 9.80 Å². The molecular weight excluding hydrogens is 272 g/mol. The molecule has 3 fully saturated rings. The molecule has 1 aromatic heterocycles. The molecule has 2 atom stereocenters. The van der Waals surface area contributed by atoms with E-state index in [9.17, 15) is 9.59 Å². The van der Waals surface area contributed by atoms with Crippen LogP contribution in [0.3, 0.4) is 0 Å². The van der Waals surface area contributed by atoms with E-state index in [1.807, 2.05) is 27.3 Å². The van der Waals surface area contributed by atoms with Crippen molar-refractivity contribution < 1.29 is 9.59 Å². The third-order valence-electron chi connectivity index (χ3n) is 4.01. The molecule has 0 N–H and O–H groups in total. The van der Waals surface area contributed by atoms with Crippen molar-refractivity contribution in [1.29, 1.82) is 0 Å². The van der Waals surface area contributed by atoms with Gasteiger partial charge in [-0.3, -0.25) is 9.59 Å². The molecule has 4 nitrogen and oxygen atoms in total. The van der Waals surface area contributed by atoms with Crippen molar-refractivity contribution in [2.24, 2.45) is 0 Å². The van der Waals surface area contributed by atoms with Crippen LogP contribution in [0.25, 0.3) is 0 Å². The van der Waals surface area contributed by atoms with Gasteiger partial charge < -0.3 is 9.80 Å². The molecule has 3 aliphatic heterocycles. The third-order valence-corrected chi connectivity index (χ3v) is 4.79. The van der Waals surface area contributed by atoms with Gasteiger partial charge in [-0.05, 0) is 30.2 Å². The summed E-state index contributed by atoms with van der Waals surface area (Å²) in [5, 5.41) is 1.95. The zero-order chi connectivity index (χ0) is 14.1. The SMILES string of the molecule is CC(=O)N1CC2CCC1CN2C(=O)C#Cc1cccs1. The number of hydrogen-bond donors (Lipinski definition) is 0. The molecule has 104 valence electrons. The second-order valence-corrected chi connectivity index (χ2v) is 6.19. The van der Waals surface area contributed by atoms with Crippen molar-refractivity contribution in [2.75, 3.05) is 13.1 Å². The highest BCUT2D eigenvalue weighted by Crippen LogP contribution is 2.28. The lowest BCUT2D eigenvalue weighted by Crippen LogP contribution is -2.64. The monoisotopic (exact) mass is 288 g/mol. The van der Waals surface area contributed by atoms with Gasteiger partial charge in [0.15, 0.2) is 0 Å². The van der Waals surface area contributed by atoms with E-state index in [-0.39, 0.29) is 23.9 Å². The molecule has 0 saturated carbocycles. The van der Waals surface area contributed by atoms with Gasteiger partial charge in [0.25, 0.3) is 5.91 Å². The Kier molecular flexibility index (Phi) is 3.49. The molecule has 20 heavy (non-hydrogen) atoms. The maximum atomic E-state index is 12.2. The summed E-state index contributed by atoms with van der Waals surface area (Å²) in [7, 11) is 0. The number of carbonyl (C=O) groups is 2. The van der Waals surface area contributed by atoms with E-state index in [1.54, 1.807) is 6.92 Å². The van der Waals surface area contributed by atoms with Gasteiger partial charge in [0, 0.05) is 32.0 Å². The molecule has 2 unspecified atom stereocenters. The summed E-state index contributed by atoms with van der Waals surface area (Å²) in [4.78, 5) is 28.4. The average molecular weight is 288 g/mol. The Morgan fingerprint density at radius 3 is 2.50 bits per heavy atom. The minimum atomic E-state index is -0.115. The largest absolute Gasteiger partial charge is 0.336 e. The fourth-order valence-electron chi connectivity index (χ4n) is 3.00. The highest BCUT2D eigenvalue weighted by atomic mass is 32.1. The zero-order valence-corrected chi connectivity index (χ0v) is 12.2. The first-order chi connectivity index (χ1) is 9.65. The van der Waals surface area contributed by atoms with Crippen LogP contribution in [-0.2, 0) is 9.59 Å². The Hall–Kier alpha value is -1.80. The van der Waals surface area contributed by atoms with E-state index in [4.69, 9.17) is 0 Å². The summed E-state index contributed by atoms with van der Waals surface area (Å²) >= 11 is 1.53. The zero-order valence-electron chi connectivity index (χ0n) is 11.3. The average Bonchev–Trinajstić information content (AvgIpc) is 2.98. The van der Waals surface area contributed by atoms with Crippen molar-refractivity contribution >= 4 is 23.2 Å². The maximum absolute atomic E-state index is 12.2. The first-order valence-electron chi connectivity index (χ1n) is 6.78. The Morgan fingerprint density at radius 1 is 1.25 bits per heavy atom. The van der Waals surface area contributed by atoms with Crippen LogP contribution in [0.2, 0.25) is 0 Å². The van der Waals surface area contributed by atoms with Gasteiger partial charge in [-0.15, -0.1) is 11.3 Å². The van der Waals surface area contributed by atoms with E-state index in [2.05, 4.69) is 11.8 Å². The van der Waals surface area contributed by atoms with Crippen LogP contribution >= 0.6 is 11.3 Å². The standard InChI is InChI=1S/C15H16N2O2S/c1-11(18)16-9-13-5-4-12(16)10-17(13)15(19)7-6-14-3-2-8-20-14/h2-3,8,12-13H,4-5,9-10H2,1H3. The summed E-state index contributed by atoms with van der Waals surface area (Å²) in [5.41, 5.74) is 0. The van der Waals surface area contributed by atoms with Gasteiger partial charge >= 0.3 is 0 Å². The van der Waals surface area contributed by atoms with Crippen LogP contribution in [0.5, 0.6) is 0 Å². The molecule has 3 saturated heterocycles. The number of rotatable bonds is 0. The van der Waals surface area contributed by atoms with Gasteiger partial charge in [0.2, 0.25) is 5.91 Å². The lowest BCUT2D eigenvalue weighted by Gasteiger charge is -2.50. The third kappa shape index (κ3) is 2.44. The number of hydrogen-bond acceptors (Lipinski definition) is 3. The summed E-state index contributed by atoms with van der Waals surface area (Å²) in [6.45, 7) is 2.89. The Morgan fingerprint density at radius 2 is 1.95 bits per heavy atom. The van der Waals surface area contributed by atoms with Crippen LogP contribution in [0.1, 0.15) is 24.6 Å². The van der Waals surface area contributed by atoms with E-state index in [0.717, 1.165) is 17.7 Å². The molecule has 4 heterocycles. The summed E-state index contributed by atoms with van der Waals surface area (Å²) in [5.74, 6) is 5.63. The number of fused-ring (bicyclic) bond motifs is 3. The fourth-order valence-corrected chi connectivity index (χ4v) is 3.57. The number of nitrogens with zero attached hydrogens (tertiary/aromatic N) is 2. The Labute approximate surface area is 122 Å². The van der Waals surface area contributed by atoms with Gasteiger partial charge in [-0.1, -0.05) is 6.07 Å². The first-order valence-corrected chi connectivity index (χ1v) is 7.66. The number of piperidine rings is 2. The van der Waals surface area contributed by atoms with Gasteiger partial charge in [-0.25, -0.2) is 0 Å². The second-order valence-electron chi connectivity index (χ2n) is 5.24. The van der Waals surface area contributed by atoms with Gasteiger partial charge in [0.1, 0.15) is 0 Å². The number of amides is 2. The molecule has 4 rings (SSSR count). The quantitative estimate of drug-likeness (QED) is 0.676. The highest BCUT2D eigenvalue weighted by Gasteiger charge is 2.41. The fraction of sp³-hybridized carbons (Fsp3) is 0.467. The van der Waals surface area contributed by atoms with E-state index in [0.29, 0.717) is 13.1 Å². The topological polar surface area (TPSA) is 40.6 Å². The molecule has 3 aliphatic rings. The molecule has 2 amide bonds. The normalized spacial score (nSPS) is 24.2. The maximum Gasteiger partial charge on any atom is 0.299 e. The lowest BCUT2D eigenvalue weighted by molar-refractivity contribution is -0.147. The van der Waals surface area contributed by atoms with Crippen molar-refractivity contribution in [3.8, 4) is 11.8 Å². The molecule has 5 heteroatoms. The van der Waals surface area contributed by atoms with Gasteiger partial charge in [0.05, 0.1) is 10.9 Å². The molecule has 0 spiro atoms. The van der Waals surface area contributed by atoms with Crippen LogP contribution < -0.4 is 0 Å². The predicted octanol–water partition coefficient (Wildman–Crippen LogP) is 1.32. The van der Waals surface area contributed by atoms with Crippen molar-refractivity contribution in [3.63, 3.8) is 0 Å². The molecular formula is C15H16N2O2S. The summed E-state index contributed by atoms with van der Waals surface area (Å²) < 4.78 is 0. The minimum Gasteiger partial charge on any atom is -0.336 e.